The monoisotopic (exact) mass is 468 g/mol. The molecule has 2 saturated heterocycles. The largest absolute Gasteiger partial charge is 0.388 e. The summed E-state index contributed by atoms with van der Waals surface area (Å²) < 4.78 is 47.6. The van der Waals surface area contributed by atoms with Gasteiger partial charge in [0.1, 0.15) is 36.6 Å². The summed E-state index contributed by atoms with van der Waals surface area (Å²) in [6, 6.07) is 0. The van der Waals surface area contributed by atoms with E-state index in [0.717, 1.165) is 0 Å². The fraction of sp³-hybridized carbons (Fsp3) is 1.00. The van der Waals surface area contributed by atoms with E-state index in [2.05, 4.69) is 0 Å². The van der Waals surface area contributed by atoms with E-state index < -0.39 is 67.6 Å². The van der Waals surface area contributed by atoms with Crippen LogP contribution in [0.25, 0.3) is 0 Å². The first-order valence-corrected chi connectivity index (χ1v) is 12.9. The topological polar surface area (TPSA) is 113 Å². The number of aliphatic hydroxyl groups is 2. The summed E-state index contributed by atoms with van der Waals surface area (Å²) in [6.45, 7) is 16.3. The molecule has 0 aromatic carbocycles. The Kier molecular flexibility index (Phi) is 8.79. The molecule has 0 saturated carbocycles. The summed E-state index contributed by atoms with van der Waals surface area (Å²) in [4.78, 5) is 0. The molecule has 184 valence electrons. The Hall–Kier alpha value is -0.0900. The zero-order chi connectivity index (χ0) is 23.8. The van der Waals surface area contributed by atoms with Crippen LogP contribution in [0.15, 0.2) is 0 Å². The second-order valence-electron chi connectivity index (χ2n) is 10.5. The van der Waals surface area contributed by atoms with Gasteiger partial charge in [-0.25, -0.2) is 0 Å². The molecule has 0 radical (unpaired) electrons. The van der Waals surface area contributed by atoms with Crippen LogP contribution in [-0.4, -0.2) is 90.1 Å². The van der Waals surface area contributed by atoms with E-state index in [1.807, 2.05) is 41.5 Å². The molecule has 31 heavy (non-hydrogen) atoms. The van der Waals surface area contributed by atoms with Crippen LogP contribution in [-0.2, 0) is 32.6 Å². The third-order valence-electron chi connectivity index (χ3n) is 5.10. The van der Waals surface area contributed by atoms with Crippen LogP contribution >= 0.6 is 7.60 Å². The van der Waals surface area contributed by atoms with E-state index in [9.17, 15) is 14.8 Å². The standard InChI is InChI=1S/C21H41O9P/c1-12-16(22)18(29-21(6,7)8)15(28-12)11-26-31(9,24)30-19-14(10-25-20(3,4)5)27-13(2)17(19)23/h12-19,22-23H,10-11H2,1-9H3/t12-,13-,14+,15+,16?,17?,18-,19-,31?/m0/s1. The minimum absolute atomic E-state index is 0.0850. The van der Waals surface area contributed by atoms with E-state index >= 15 is 0 Å². The lowest BCUT2D eigenvalue weighted by atomic mass is 10.1. The van der Waals surface area contributed by atoms with Gasteiger partial charge in [-0.15, -0.1) is 0 Å². The van der Waals surface area contributed by atoms with Gasteiger partial charge in [0, 0.05) is 6.66 Å². The van der Waals surface area contributed by atoms with E-state index in [1.54, 1.807) is 13.8 Å². The molecule has 0 aromatic heterocycles. The molecule has 0 aromatic rings. The van der Waals surface area contributed by atoms with Crippen LogP contribution < -0.4 is 0 Å². The molecule has 0 aliphatic carbocycles. The van der Waals surface area contributed by atoms with Crippen molar-refractivity contribution < 1.29 is 42.8 Å². The molecule has 2 fully saturated rings. The highest BCUT2D eigenvalue weighted by Gasteiger charge is 2.47. The molecule has 9 atom stereocenters. The zero-order valence-corrected chi connectivity index (χ0v) is 21.1. The zero-order valence-electron chi connectivity index (χ0n) is 20.2. The fourth-order valence-electron chi connectivity index (χ4n) is 3.59. The maximum absolute atomic E-state index is 13.1. The number of ether oxygens (including phenoxy) is 4. The Labute approximate surface area is 186 Å². The third-order valence-corrected chi connectivity index (χ3v) is 6.35. The van der Waals surface area contributed by atoms with Crippen molar-refractivity contribution >= 4 is 7.60 Å². The van der Waals surface area contributed by atoms with E-state index in [-0.39, 0.29) is 13.2 Å². The summed E-state index contributed by atoms with van der Waals surface area (Å²) in [5.41, 5.74) is -0.887. The van der Waals surface area contributed by atoms with Gasteiger partial charge < -0.3 is 33.7 Å². The molecule has 0 amide bonds. The molecule has 0 spiro atoms. The second kappa shape index (κ2) is 10.0. The summed E-state index contributed by atoms with van der Waals surface area (Å²) in [6.07, 6.45) is -5.39. The molecule has 10 heteroatoms. The Morgan fingerprint density at radius 3 is 1.81 bits per heavy atom. The van der Waals surface area contributed by atoms with Crippen LogP contribution in [0.4, 0.5) is 0 Å². The van der Waals surface area contributed by atoms with Crippen molar-refractivity contribution in [1.82, 2.24) is 0 Å². The predicted molar refractivity (Wildman–Crippen MR) is 115 cm³/mol. The lowest BCUT2D eigenvalue weighted by Gasteiger charge is -2.30. The van der Waals surface area contributed by atoms with Crippen molar-refractivity contribution in [2.75, 3.05) is 19.9 Å². The van der Waals surface area contributed by atoms with Gasteiger partial charge in [-0.1, -0.05) is 0 Å². The normalized spacial score (nSPS) is 39.1. The quantitative estimate of drug-likeness (QED) is 0.519. The lowest BCUT2D eigenvalue weighted by molar-refractivity contribution is -0.119. The van der Waals surface area contributed by atoms with Crippen LogP contribution in [0.2, 0.25) is 0 Å². The first-order valence-electron chi connectivity index (χ1n) is 10.9. The maximum atomic E-state index is 13.1. The van der Waals surface area contributed by atoms with Gasteiger partial charge in [-0.3, -0.25) is 9.09 Å². The highest BCUT2D eigenvalue weighted by molar-refractivity contribution is 7.53. The second-order valence-corrected chi connectivity index (χ2v) is 12.5. The number of aliphatic hydroxyl groups excluding tert-OH is 2. The molecule has 2 aliphatic heterocycles. The van der Waals surface area contributed by atoms with Gasteiger partial charge in [0.15, 0.2) is 0 Å². The average molecular weight is 469 g/mol. The molecular weight excluding hydrogens is 427 g/mol. The fourth-order valence-corrected chi connectivity index (χ4v) is 4.77. The summed E-state index contributed by atoms with van der Waals surface area (Å²) >= 11 is 0. The summed E-state index contributed by atoms with van der Waals surface area (Å²) in [5, 5.41) is 20.9. The Morgan fingerprint density at radius 1 is 0.839 bits per heavy atom. The van der Waals surface area contributed by atoms with Crippen molar-refractivity contribution in [3.05, 3.63) is 0 Å². The molecule has 0 bridgehead atoms. The highest BCUT2D eigenvalue weighted by atomic mass is 31.2. The Morgan fingerprint density at radius 2 is 1.32 bits per heavy atom. The molecule has 2 heterocycles. The molecule has 2 rings (SSSR count). The SMILES string of the molecule is C[C@@H]1O[C@H](COP(C)(=O)O[C@@H]2C(O)[C@H](C)O[C@@H]2COC(C)(C)C)[C@H](OC(C)(C)C)C1O. The van der Waals surface area contributed by atoms with Crippen molar-refractivity contribution in [2.24, 2.45) is 0 Å². The first kappa shape index (κ1) is 27.2. The summed E-state index contributed by atoms with van der Waals surface area (Å²) in [5.74, 6) is 0. The van der Waals surface area contributed by atoms with Crippen LogP contribution in [0, 0.1) is 0 Å². The van der Waals surface area contributed by atoms with Crippen molar-refractivity contribution in [2.45, 2.75) is 115 Å². The van der Waals surface area contributed by atoms with E-state index in [0.29, 0.717) is 0 Å². The van der Waals surface area contributed by atoms with Gasteiger partial charge in [0.05, 0.1) is 36.6 Å². The molecule has 2 aliphatic rings. The molecule has 9 nitrogen and oxygen atoms in total. The van der Waals surface area contributed by atoms with Gasteiger partial charge in [0.25, 0.3) is 0 Å². The first-order chi connectivity index (χ1) is 14.0. The van der Waals surface area contributed by atoms with Crippen LogP contribution in [0.1, 0.15) is 55.4 Å². The minimum Gasteiger partial charge on any atom is -0.388 e. The van der Waals surface area contributed by atoms with Gasteiger partial charge in [-0.05, 0) is 55.4 Å². The minimum atomic E-state index is -3.59. The van der Waals surface area contributed by atoms with Gasteiger partial charge in [0.2, 0.25) is 0 Å². The third kappa shape index (κ3) is 8.02. The Bertz CT molecular complexity index is 629. The number of hydrogen-bond donors (Lipinski definition) is 2. The van der Waals surface area contributed by atoms with Gasteiger partial charge in [-0.2, -0.15) is 0 Å². The van der Waals surface area contributed by atoms with Crippen molar-refractivity contribution in [3.8, 4) is 0 Å². The van der Waals surface area contributed by atoms with Gasteiger partial charge >= 0.3 is 7.60 Å². The molecular formula is C21H41O9P. The van der Waals surface area contributed by atoms with Crippen molar-refractivity contribution in [3.63, 3.8) is 0 Å². The smallest absolute Gasteiger partial charge is 0.328 e. The van der Waals surface area contributed by atoms with Crippen LogP contribution in [0.3, 0.4) is 0 Å². The number of hydrogen-bond acceptors (Lipinski definition) is 9. The Balaban J connectivity index is 2.00. The van der Waals surface area contributed by atoms with E-state index in [1.165, 1.54) is 6.66 Å². The number of rotatable bonds is 8. The molecule has 3 unspecified atom stereocenters. The van der Waals surface area contributed by atoms with E-state index in [4.69, 9.17) is 28.0 Å². The van der Waals surface area contributed by atoms with Crippen LogP contribution in [0.5, 0.6) is 0 Å². The molecule has 2 N–H and O–H groups in total. The maximum Gasteiger partial charge on any atom is 0.328 e. The van der Waals surface area contributed by atoms with Crippen molar-refractivity contribution in [1.29, 1.82) is 0 Å². The average Bonchev–Trinajstić information content (AvgIpc) is 3.01. The predicted octanol–water partition coefficient (Wildman–Crippen LogP) is 2.51. The summed E-state index contributed by atoms with van der Waals surface area (Å²) in [7, 11) is -3.59. The highest BCUT2D eigenvalue weighted by Crippen LogP contribution is 2.48. The lowest BCUT2D eigenvalue weighted by Crippen LogP contribution is -2.42.